The lowest BCUT2D eigenvalue weighted by Gasteiger charge is -2.12. The van der Waals surface area contributed by atoms with Gasteiger partial charge in [-0.1, -0.05) is 28.9 Å². The molecule has 5 nitrogen and oxygen atoms in total. The highest BCUT2D eigenvalue weighted by Gasteiger charge is 2.04. The van der Waals surface area contributed by atoms with E-state index in [4.69, 9.17) is 0 Å². The van der Waals surface area contributed by atoms with Crippen molar-refractivity contribution in [1.82, 2.24) is 15.2 Å². The normalized spacial score (nSPS) is 11.9. The van der Waals surface area contributed by atoms with Crippen molar-refractivity contribution in [2.45, 2.75) is 26.3 Å². The maximum Gasteiger partial charge on any atom is 0.249 e. The van der Waals surface area contributed by atoms with Crippen LogP contribution in [0.15, 0.2) is 34.9 Å². The van der Waals surface area contributed by atoms with Gasteiger partial charge in [0.25, 0.3) is 0 Å². The zero-order valence-electron chi connectivity index (χ0n) is 10.9. The zero-order chi connectivity index (χ0) is 13.7. The number of aromatic nitrogens is 3. The number of rotatable bonds is 5. The van der Waals surface area contributed by atoms with Crippen LogP contribution in [0.1, 0.15) is 20.3 Å². The first-order chi connectivity index (χ1) is 9.17. The number of hydrogen-bond acceptors (Lipinski definition) is 5. The largest absolute Gasteiger partial charge is 0.366 e. The maximum absolute atomic E-state index is 4.37. The summed E-state index contributed by atoms with van der Waals surface area (Å²) in [5.74, 6) is 1.20. The van der Waals surface area contributed by atoms with Gasteiger partial charge in [0, 0.05) is 16.2 Å². The van der Waals surface area contributed by atoms with Gasteiger partial charge < -0.3 is 10.6 Å². The van der Waals surface area contributed by atoms with Gasteiger partial charge in [-0.2, -0.15) is 10.1 Å². The third-order valence-electron chi connectivity index (χ3n) is 2.65. The van der Waals surface area contributed by atoms with E-state index in [0.29, 0.717) is 12.0 Å². The van der Waals surface area contributed by atoms with Crippen LogP contribution in [0.2, 0.25) is 0 Å². The van der Waals surface area contributed by atoms with E-state index in [2.05, 4.69) is 55.6 Å². The zero-order valence-corrected chi connectivity index (χ0v) is 12.5. The molecular formula is C13H16BrN5. The highest BCUT2D eigenvalue weighted by molar-refractivity contribution is 9.10. The van der Waals surface area contributed by atoms with Crippen LogP contribution in [0.5, 0.6) is 0 Å². The van der Waals surface area contributed by atoms with Crippen molar-refractivity contribution in [3.8, 4) is 0 Å². The molecule has 0 saturated heterocycles. The van der Waals surface area contributed by atoms with Gasteiger partial charge in [0.15, 0.2) is 5.82 Å². The molecule has 2 rings (SSSR count). The Morgan fingerprint density at radius 3 is 2.95 bits per heavy atom. The van der Waals surface area contributed by atoms with Gasteiger partial charge in [0.1, 0.15) is 0 Å². The van der Waals surface area contributed by atoms with Gasteiger partial charge >= 0.3 is 0 Å². The molecule has 0 saturated carbocycles. The van der Waals surface area contributed by atoms with Crippen LogP contribution in [0, 0.1) is 0 Å². The van der Waals surface area contributed by atoms with E-state index in [1.54, 1.807) is 6.20 Å². The summed E-state index contributed by atoms with van der Waals surface area (Å²) in [4.78, 5) is 4.37. The summed E-state index contributed by atoms with van der Waals surface area (Å²) in [5, 5.41) is 14.3. The second kappa shape index (κ2) is 6.47. The van der Waals surface area contributed by atoms with Crippen LogP contribution in [0.4, 0.5) is 17.5 Å². The minimum atomic E-state index is 0.357. The van der Waals surface area contributed by atoms with Gasteiger partial charge in [0.2, 0.25) is 5.95 Å². The Hall–Kier alpha value is -1.69. The quantitative estimate of drug-likeness (QED) is 0.881. The van der Waals surface area contributed by atoms with E-state index in [0.717, 1.165) is 22.4 Å². The van der Waals surface area contributed by atoms with Crippen molar-refractivity contribution >= 4 is 33.4 Å². The summed E-state index contributed by atoms with van der Waals surface area (Å²) in [5.41, 5.74) is 0.914. The summed E-state index contributed by atoms with van der Waals surface area (Å²) >= 11 is 3.42. The Labute approximate surface area is 121 Å². The fourth-order valence-electron chi connectivity index (χ4n) is 1.48. The van der Waals surface area contributed by atoms with Crippen LogP contribution in [0.25, 0.3) is 0 Å². The molecule has 2 aromatic rings. The lowest BCUT2D eigenvalue weighted by atomic mass is 10.3. The third-order valence-corrected chi connectivity index (χ3v) is 3.14. The van der Waals surface area contributed by atoms with E-state index < -0.39 is 0 Å². The molecule has 19 heavy (non-hydrogen) atoms. The molecule has 1 aromatic heterocycles. The Bertz CT molecular complexity index is 546. The Morgan fingerprint density at radius 2 is 2.21 bits per heavy atom. The molecule has 0 bridgehead atoms. The van der Waals surface area contributed by atoms with Gasteiger partial charge in [0.05, 0.1) is 6.20 Å². The number of anilines is 3. The number of nitrogens with one attached hydrogen (secondary N) is 2. The molecule has 0 aliphatic heterocycles. The minimum absolute atomic E-state index is 0.357. The predicted molar refractivity (Wildman–Crippen MR) is 80.6 cm³/mol. The third kappa shape index (κ3) is 4.17. The SMILES string of the molecule is CCC(C)Nc1cnnc(Nc2cccc(Br)c2)n1. The second-order valence-corrected chi connectivity index (χ2v) is 5.17. The molecule has 1 aromatic carbocycles. The van der Waals surface area contributed by atoms with Crippen molar-refractivity contribution in [2.24, 2.45) is 0 Å². The number of benzene rings is 1. The van der Waals surface area contributed by atoms with Gasteiger partial charge in [-0.3, -0.25) is 0 Å². The fourth-order valence-corrected chi connectivity index (χ4v) is 1.88. The molecule has 2 N–H and O–H groups in total. The molecule has 6 heteroatoms. The van der Waals surface area contributed by atoms with Crippen LogP contribution in [0.3, 0.4) is 0 Å². The summed E-state index contributed by atoms with van der Waals surface area (Å²) < 4.78 is 0.999. The van der Waals surface area contributed by atoms with Crippen molar-refractivity contribution in [1.29, 1.82) is 0 Å². The molecule has 0 spiro atoms. The molecule has 1 unspecified atom stereocenters. The molecule has 0 radical (unpaired) electrons. The second-order valence-electron chi connectivity index (χ2n) is 4.25. The molecule has 0 fully saturated rings. The first kappa shape index (κ1) is 13.7. The average molecular weight is 322 g/mol. The minimum Gasteiger partial charge on any atom is -0.366 e. The summed E-state index contributed by atoms with van der Waals surface area (Å²) in [7, 11) is 0. The number of nitrogens with zero attached hydrogens (tertiary/aromatic N) is 3. The van der Waals surface area contributed by atoms with Crippen molar-refractivity contribution in [3.63, 3.8) is 0 Å². The first-order valence-electron chi connectivity index (χ1n) is 6.16. The molecular weight excluding hydrogens is 306 g/mol. The van der Waals surface area contributed by atoms with E-state index in [9.17, 15) is 0 Å². The highest BCUT2D eigenvalue weighted by Crippen LogP contribution is 2.18. The van der Waals surface area contributed by atoms with E-state index in [-0.39, 0.29) is 0 Å². The van der Waals surface area contributed by atoms with Gasteiger partial charge in [-0.15, -0.1) is 5.10 Å². The maximum atomic E-state index is 4.37. The summed E-state index contributed by atoms with van der Waals surface area (Å²) in [6.45, 7) is 4.22. The lowest BCUT2D eigenvalue weighted by Crippen LogP contribution is -2.15. The van der Waals surface area contributed by atoms with Gasteiger partial charge in [-0.25, -0.2) is 0 Å². The molecule has 1 heterocycles. The summed E-state index contributed by atoms with van der Waals surface area (Å²) in [6.07, 6.45) is 2.65. The molecule has 1 atom stereocenters. The van der Waals surface area contributed by atoms with E-state index in [1.807, 2.05) is 24.3 Å². The highest BCUT2D eigenvalue weighted by atomic mass is 79.9. The van der Waals surface area contributed by atoms with E-state index >= 15 is 0 Å². The smallest absolute Gasteiger partial charge is 0.249 e. The van der Waals surface area contributed by atoms with E-state index in [1.165, 1.54) is 0 Å². The molecule has 0 amide bonds. The van der Waals surface area contributed by atoms with Crippen LogP contribution >= 0.6 is 15.9 Å². The van der Waals surface area contributed by atoms with Crippen molar-refractivity contribution < 1.29 is 0 Å². The Balaban J connectivity index is 2.10. The molecule has 0 aliphatic rings. The van der Waals surface area contributed by atoms with Crippen LogP contribution in [-0.4, -0.2) is 21.2 Å². The standard InChI is InChI=1S/C13H16BrN5/c1-3-9(2)16-12-8-15-19-13(18-12)17-11-6-4-5-10(14)7-11/h4-9H,3H2,1-2H3,(H2,16,17,18,19). The van der Waals surface area contributed by atoms with Crippen LogP contribution < -0.4 is 10.6 Å². The topological polar surface area (TPSA) is 62.7 Å². The van der Waals surface area contributed by atoms with Crippen LogP contribution in [-0.2, 0) is 0 Å². The van der Waals surface area contributed by atoms with Crippen molar-refractivity contribution in [2.75, 3.05) is 10.6 Å². The van der Waals surface area contributed by atoms with Gasteiger partial charge in [-0.05, 0) is 31.5 Å². The fraction of sp³-hybridized carbons (Fsp3) is 0.308. The molecule has 0 aliphatic carbocycles. The Kier molecular flexibility index (Phi) is 4.68. The summed E-state index contributed by atoms with van der Waals surface area (Å²) in [6, 6.07) is 8.17. The Morgan fingerprint density at radius 1 is 1.37 bits per heavy atom. The van der Waals surface area contributed by atoms with Crippen molar-refractivity contribution in [3.05, 3.63) is 34.9 Å². The predicted octanol–water partition coefficient (Wildman–Crippen LogP) is 3.59. The lowest BCUT2D eigenvalue weighted by molar-refractivity contribution is 0.755. The monoisotopic (exact) mass is 321 g/mol. The molecule has 100 valence electrons. The average Bonchev–Trinajstić information content (AvgIpc) is 2.39. The first-order valence-corrected chi connectivity index (χ1v) is 6.95. The number of halogens is 1. The number of hydrogen-bond donors (Lipinski definition) is 2.